The van der Waals surface area contributed by atoms with Gasteiger partial charge in [-0.3, -0.25) is 4.79 Å². The average molecular weight is 354 g/mol. The van der Waals surface area contributed by atoms with E-state index in [0.29, 0.717) is 16.6 Å². The van der Waals surface area contributed by atoms with E-state index >= 15 is 0 Å². The maximum atomic E-state index is 12.2. The molecule has 1 amide bonds. The first-order valence-corrected chi connectivity index (χ1v) is 12.4. The zero-order valence-corrected chi connectivity index (χ0v) is 17.7. The molecule has 1 heterocycles. The Kier molecular flexibility index (Phi) is 6.95. The summed E-state index contributed by atoms with van der Waals surface area (Å²) < 4.78 is 6.75. The highest BCUT2D eigenvalue weighted by Gasteiger charge is 2.51. The summed E-state index contributed by atoms with van der Waals surface area (Å²) in [5.74, 6) is 1.00. The van der Waals surface area contributed by atoms with Crippen molar-refractivity contribution in [3.8, 4) is 0 Å². The fourth-order valence-electron chi connectivity index (χ4n) is 5.31. The molecule has 24 heavy (non-hydrogen) atoms. The van der Waals surface area contributed by atoms with Crippen molar-refractivity contribution in [1.29, 1.82) is 0 Å². The van der Waals surface area contributed by atoms with Crippen LogP contribution in [0.25, 0.3) is 0 Å². The van der Waals surface area contributed by atoms with Crippen molar-refractivity contribution in [3.63, 3.8) is 0 Å². The summed E-state index contributed by atoms with van der Waals surface area (Å²) in [7, 11) is -1.97. The number of nitrogens with one attached hydrogen (secondary N) is 1. The van der Waals surface area contributed by atoms with E-state index in [4.69, 9.17) is 4.43 Å². The van der Waals surface area contributed by atoms with Crippen LogP contribution in [0.4, 0.5) is 0 Å². The van der Waals surface area contributed by atoms with Gasteiger partial charge in [0.15, 0.2) is 0 Å². The summed E-state index contributed by atoms with van der Waals surface area (Å²) in [6.07, 6.45) is 9.13. The molecule has 0 radical (unpaired) electrons. The molecule has 0 spiro atoms. The van der Waals surface area contributed by atoms with E-state index in [-0.39, 0.29) is 18.1 Å². The Morgan fingerprint density at radius 1 is 0.958 bits per heavy atom. The second-order valence-electron chi connectivity index (χ2n) is 9.05. The maximum absolute atomic E-state index is 12.2. The number of amides is 1. The summed E-state index contributed by atoms with van der Waals surface area (Å²) in [6.45, 7) is 13.7. The smallest absolute Gasteiger partial charge is 0.250 e. The molecule has 0 unspecified atom stereocenters. The molecule has 1 saturated carbocycles. The zero-order valence-electron chi connectivity index (χ0n) is 16.7. The number of hydrogen-bond acceptors (Lipinski definition) is 2. The lowest BCUT2D eigenvalue weighted by Gasteiger charge is -2.49. The summed E-state index contributed by atoms with van der Waals surface area (Å²) >= 11 is 0. The van der Waals surface area contributed by atoms with Gasteiger partial charge in [-0.15, -0.1) is 0 Å². The molecular weight excluding hydrogens is 314 g/mol. The summed E-state index contributed by atoms with van der Waals surface area (Å²) in [5, 5.41) is 3.13. The van der Waals surface area contributed by atoms with E-state index in [9.17, 15) is 4.79 Å². The molecule has 4 heteroatoms. The lowest BCUT2D eigenvalue weighted by Crippen LogP contribution is -2.67. The van der Waals surface area contributed by atoms with Crippen molar-refractivity contribution >= 4 is 14.2 Å². The number of carbonyl (C=O) groups excluding carboxylic acids is 1. The van der Waals surface area contributed by atoms with Crippen LogP contribution in [0, 0.1) is 5.92 Å². The van der Waals surface area contributed by atoms with Crippen molar-refractivity contribution in [3.05, 3.63) is 0 Å². The van der Waals surface area contributed by atoms with Gasteiger partial charge in [-0.1, -0.05) is 73.6 Å². The van der Waals surface area contributed by atoms with Gasteiger partial charge in [-0.2, -0.15) is 0 Å². The predicted molar refractivity (Wildman–Crippen MR) is 104 cm³/mol. The van der Waals surface area contributed by atoms with Gasteiger partial charge in [-0.05, 0) is 35.4 Å². The van der Waals surface area contributed by atoms with E-state index in [2.05, 4.69) is 46.9 Å². The van der Waals surface area contributed by atoms with Crippen molar-refractivity contribution in [2.75, 3.05) is 0 Å². The second kappa shape index (κ2) is 8.35. The number of hydrogen-bond donors (Lipinski definition) is 1. The molecular formula is C20H39NO2Si. The van der Waals surface area contributed by atoms with Crippen LogP contribution in [-0.4, -0.2) is 26.4 Å². The fraction of sp³-hybridized carbons (Fsp3) is 0.950. The molecule has 1 saturated heterocycles. The Morgan fingerprint density at radius 2 is 1.50 bits per heavy atom. The summed E-state index contributed by atoms with van der Waals surface area (Å²) in [5.41, 5.74) is 1.60. The molecule has 140 valence electrons. The number of carbonyl (C=O) groups is 1. The van der Waals surface area contributed by atoms with Crippen LogP contribution in [0.5, 0.6) is 0 Å². The lowest BCUT2D eigenvalue weighted by molar-refractivity contribution is -0.141. The Bertz CT molecular complexity index is 394. The van der Waals surface area contributed by atoms with Crippen LogP contribution in [0.15, 0.2) is 0 Å². The maximum Gasteiger partial charge on any atom is 0.250 e. The van der Waals surface area contributed by atoms with Gasteiger partial charge in [0.05, 0.1) is 6.04 Å². The number of rotatable bonds is 8. The van der Waals surface area contributed by atoms with Gasteiger partial charge in [0.2, 0.25) is 14.2 Å². The molecule has 0 aromatic carbocycles. The van der Waals surface area contributed by atoms with Crippen LogP contribution in [0.2, 0.25) is 16.6 Å². The third kappa shape index (κ3) is 4.06. The van der Waals surface area contributed by atoms with Crippen LogP contribution < -0.4 is 5.32 Å². The van der Waals surface area contributed by atoms with Gasteiger partial charge in [-0.25, -0.2) is 0 Å². The molecule has 2 aliphatic rings. The largest absolute Gasteiger partial charge is 0.402 e. The molecule has 2 atom stereocenters. The summed E-state index contributed by atoms with van der Waals surface area (Å²) in [4.78, 5) is 12.2. The highest BCUT2D eigenvalue weighted by Crippen LogP contribution is 2.44. The molecule has 2 fully saturated rings. The Balaban J connectivity index is 1.98. The standard InChI is InChI=1S/C20H39NO2Si/c1-14(2)24(15(3)4,16(5)6)23-19-18(21-20(19)22)13-12-17-10-8-7-9-11-17/h14-19H,7-13H2,1-6H3,(H,21,22)/t18-,19+/m0/s1. The normalized spacial score (nSPS) is 26.1. The van der Waals surface area contributed by atoms with Gasteiger partial charge >= 0.3 is 0 Å². The molecule has 1 aliphatic carbocycles. The molecule has 0 bridgehead atoms. The minimum Gasteiger partial charge on any atom is -0.402 e. The fourth-order valence-corrected chi connectivity index (χ4v) is 10.8. The molecule has 1 N–H and O–H groups in total. The Hall–Kier alpha value is -0.353. The summed E-state index contributed by atoms with van der Waals surface area (Å²) in [6, 6.07) is 0.252. The van der Waals surface area contributed by atoms with Crippen molar-refractivity contribution in [2.45, 2.75) is 115 Å². The lowest BCUT2D eigenvalue weighted by atomic mass is 9.83. The van der Waals surface area contributed by atoms with Crippen LogP contribution in [-0.2, 0) is 9.22 Å². The molecule has 0 aromatic heterocycles. The van der Waals surface area contributed by atoms with E-state index in [1.165, 1.54) is 38.5 Å². The molecule has 2 rings (SSSR count). The molecule has 1 aliphatic heterocycles. The SMILES string of the molecule is CC(C)[Si](O[C@H]1C(=O)N[C@H]1CCC1CCCCC1)(C(C)C)C(C)C. The molecule has 0 aromatic rings. The average Bonchev–Trinajstić information content (AvgIpc) is 2.51. The van der Waals surface area contributed by atoms with Crippen molar-refractivity contribution < 1.29 is 9.22 Å². The zero-order chi connectivity index (χ0) is 17.9. The van der Waals surface area contributed by atoms with Crippen LogP contribution >= 0.6 is 0 Å². The van der Waals surface area contributed by atoms with E-state index in [0.717, 1.165) is 12.3 Å². The quantitative estimate of drug-likeness (QED) is 0.468. The Labute approximate surface area is 150 Å². The topological polar surface area (TPSA) is 38.3 Å². The van der Waals surface area contributed by atoms with Crippen molar-refractivity contribution in [1.82, 2.24) is 5.32 Å². The third-order valence-electron chi connectivity index (χ3n) is 6.60. The number of β-lactam (4-membered cyclic amide) rings is 1. The van der Waals surface area contributed by atoms with Crippen LogP contribution in [0.3, 0.4) is 0 Å². The monoisotopic (exact) mass is 353 g/mol. The highest BCUT2D eigenvalue weighted by molar-refractivity contribution is 6.77. The van der Waals surface area contributed by atoms with Gasteiger partial charge < -0.3 is 9.74 Å². The van der Waals surface area contributed by atoms with Crippen LogP contribution in [0.1, 0.15) is 86.5 Å². The van der Waals surface area contributed by atoms with Gasteiger partial charge in [0.25, 0.3) is 0 Å². The van der Waals surface area contributed by atoms with E-state index in [1.54, 1.807) is 0 Å². The van der Waals surface area contributed by atoms with E-state index < -0.39 is 8.32 Å². The van der Waals surface area contributed by atoms with Gasteiger partial charge in [0, 0.05) is 0 Å². The van der Waals surface area contributed by atoms with Crippen molar-refractivity contribution in [2.24, 2.45) is 5.92 Å². The molecule has 3 nitrogen and oxygen atoms in total. The third-order valence-corrected chi connectivity index (χ3v) is 12.7. The first kappa shape index (κ1) is 20.0. The first-order chi connectivity index (χ1) is 11.3. The predicted octanol–water partition coefficient (Wildman–Crippen LogP) is 5.41. The first-order valence-electron chi connectivity index (χ1n) is 10.3. The Morgan fingerprint density at radius 3 is 1.96 bits per heavy atom. The minimum atomic E-state index is -1.97. The highest BCUT2D eigenvalue weighted by atomic mass is 28.4. The van der Waals surface area contributed by atoms with E-state index in [1.807, 2.05) is 0 Å². The minimum absolute atomic E-state index is 0.127. The second-order valence-corrected chi connectivity index (χ2v) is 14.5. The van der Waals surface area contributed by atoms with Gasteiger partial charge in [0.1, 0.15) is 6.10 Å².